The van der Waals surface area contributed by atoms with E-state index in [2.05, 4.69) is 32.0 Å². The maximum absolute atomic E-state index is 12.5. The van der Waals surface area contributed by atoms with E-state index in [1.165, 1.54) is 11.1 Å². The van der Waals surface area contributed by atoms with E-state index in [1.807, 2.05) is 24.3 Å². The van der Waals surface area contributed by atoms with Crippen molar-refractivity contribution < 1.29 is 9.59 Å². The van der Waals surface area contributed by atoms with E-state index in [4.69, 9.17) is 0 Å². The molecular weight excluding hydrogens is 318 g/mol. The SMILES string of the molecule is Cc1ccc(SCC(=O)c2cccc(N3CCCC3=O)c2)c(C)c1. The van der Waals surface area contributed by atoms with Gasteiger partial charge in [-0.3, -0.25) is 9.59 Å². The Hall–Kier alpha value is -2.07. The molecule has 4 heteroatoms. The lowest BCUT2D eigenvalue weighted by atomic mass is 10.1. The van der Waals surface area contributed by atoms with Gasteiger partial charge in [-0.15, -0.1) is 11.8 Å². The molecule has 1 fully saturated rings. The number of carbonyl (C=O) groups is 2. The molecule has 0 bridgehead atoms. The van der Waals surface area contributed by atoms with Crippen molar-refractivity contribution in [3.8, 4) is 0 Å². The lowest BCUT2D eigenvalue weighted by Gasteiger charge is -2.16. The van der Waals surface area contributed by atoms with Crippen molar-refractivity contribution in [1.82, 2.24) is 0 Å². The molecule has 3 nitrogen and oxygen atoms in total. The standard InChI is InChI=1S/C20H21NO2S/c1-14-8-9-19(15(2)11-14)24-13-18(22)16-5-3-6-17(12-16)21-10-4-7-20(21)23/h3,5-6,8-9,11-12H,4,7,10,13H2,1-2H3. The predicted octanol–water partition coefficient (Wildman–Crippen LogP) is 4.41. The van der Waals surface area contributed by atoms with Gasteiger partial charge >= 0.3 is 0 Å². The van der Waals surface area contributed by atoms with Crippen molar-refractivity contribution in [2.24, 2.45) is 0 Å². The number of Topliss-reactive ketones (excluding diaryl/α,β-unsaturated/α-hetero) is 1. The minimum Gasteiger partial charge on any atom is -0.312 e. The monoisotopic (exact) mass is 339 g/mol. The van der Waals surface area contributed by atoms with E-state index in [1.54, 1.807) is 16.7 Å². The van der Waals surface area contributed by atoms with Crippen molar-refractivity contribution in [2.45, 2.75) is 31.6 Å². The summed E-state index contributed by atoms with van der Waals surface area (Å²) in [5.41, 5.74) is 3.93. The summed E-state index contributed by atoms with van der Waals surface area (Å²) in [7, 11) is 0. The average Bonchev–Trinajstić information content (AvgIpc) is 3.00. The number of carbonyl (C=O) groups excluding carboxylic acids is 2. The van der Waals surface area contributed by atoms with Gasteiger partial charge < -0.3 is 4.90 Å². The van der Waals surface area contributed by atoms with E-state index in [9.17, 15) is 9.59 Å². The number of rotatable bonds is 5. The number of hydrogen-bond acceptors (Lipinski definition) is 3. The second kappa shape index (κ2) is 7.22. The summed E-state index contributed by atoms with van der Waals surface area (Å²) in [6.07, 6.45) is 1.49. The highest BCUT2D eigenvalue weighted by atomic mass is 32.2. The molecule has 2 aromatic carbocycles. The van der Waals surface area contributed by atoms with E-state index < -0.39 is 0 Å². The van der Waals surface area contributed by atoms with Gasteiger partial charge in [0.15, 0.2) is 5.78 Å². The zero-order chi connectivity index (χ0) is 17.1. The second-order valence-corrected chi connectivity index (χ2v) is 7.20. The fourth-order valence-electron chi connectivity index (χ4n) is 2.96. The Labute approximate surface area is 147 Å². The smallest absolute Gasteiger partial charge is 0.227 e. The Morgan fingerprint density at radius 1 is 1.17 bits per heavy atom. The summed E-state index contributed by atoms with van der Waals surface area (Å²) in [6.45, 7) is 4.88. The predicted molar refractivity (Wildman–Crippen MR) is 99.0 cm³/mol. The van der Waals surface area contributed by atoms with Gasteiger partial charge in [0.1, 0.15) is 0 Å². The Bertz CT molecular complexity index is 785. The molecule has 0 aliphatic carbocycles. The summed E-state index contributed by atoms with van der Waals surface area (Å²) >= 11 is 1.57. The number of thioether (sulfide) groups is 1. The normalized spacial score (nSPS) is 14.2. The highest BCUT2D eigenvalue weighted by Crippen LogP contribution is 2.26. The summed E-state index contributed by atoms with van der Waals surface area (Å²) in [5, 5.41) is 0. The van der Waals surface area contributed by atoms with Gasteiger partial charge in [0, 0.05) is 29.1 Å². The Morgan fingerprint density at radius 3 is 2.71 bits per heavy atom. The summed E-state index contributed by atoms with van der Waals surface area (Å²) in [6, 6.07) is 13.7. The molecule has 1 aliphatic heterocycles. The molecule has 0 N–H and O–H groups in total. The van der Waals surface area contributed by atoms with Gasteiger partial charge in [0.2, 0.25) is 5.91 Å². The van der Waals surface area contributed by atoms with Crippen molar-refractivity contribution in [1.29, 1.82) is 0 Å². The topological polar surface area (TPSA) is 37.4 Å². The number of hydrogen-bond donors (Lipinski definition) is 0. The first-order chi connectivity index (χ1) is 11.5. The van der Waals surface area contributed by atoms with Gasteiger partial charge in [-0.1, -0.05) is 29.8 Å². The summed E-state index contributed by atoms with van der Waals surface area (Å²) < 4.78 is 0. The van der Waals surface area contributed by atoms with Crippen molar-refractivity contribution in [3.05, 3.63) is 59.2 Å². The van der Waals surface area contributed by atoms with Crippen LogP contribution in [-0.4, -0.2) is 24.0 Å². The average molecular weight is 339 g/mol. The molecule has 1 amide bonds. The van der Waals surface area contributed by atoms with Crippen molar-refractivity contribution in [3.63, 3.8) is 0 Å². The lowest BCUT2D eigenvalue weighted by molar-refractivity contribution is -0.117. The zero-order valence-corrected chi connectivity index (χ0v) is 14.9. The van der Waals surface area contributed by atoms with Crippen LogP contribution in [0.2, 0.25) is 0 Å². The highest BCUT2D eigenvalue weighted by Gasteiger charge is 2.22. The molecule has 1 saturated heterocycles. The van der Waals surface area contributed by atoms with Crippen LogP contribution in [0.4, 0.5) is 5.69 Å². The Morgan fingerprint density at radius 2 is 2.00 bits per heavy atom. The molecule has 0 spiro atoms. The largest absolute Gasteiger partial charge is 0.312 e. The van der Waals surface area contributed by atoms with E-state index in [0.717, 1.165) is 23.5 Å². The van der Waals surface area contributed by atoms with Crippen LogP contribution in [0.25, 0.3) is 0 Å². The fourth-order valence-corrected chi connectivity index (χ4v) is 3.86. The number of amides is 1. The molecule has 1 aliphatic rings. The number of nitrogens with zero attached hydrogens (tertiary/aromatic N) is 1. The molecule has 0 atom stereocenters. The molecule has 3 rings (SSSR count). The van der Waals surface area contributed by atoms with Crippen LogP contribution in [0.3, 0.4) is 0 Å². The van der Waals surface area contributed by atoms with E-state index in [0.29, 0.717) is 17.7 Å². The molecular formula is C20H21NO2S. The van der Waals surface area contributed by atoms with E-state index >= 15 is 0 Å². The van der Waals surface area contributed by atoms with Crippen molar-refractivity contribution in [2.75, 3.05) is 17.2 Å². The van der Waals surface area contributed by atoms with Gasteiger partial charge in [-0.25, -0.2) is 0 Å². The number of benzene rings is 2. The summed E-state index contributed by atoms with van der Waals surface area (Å²) in [4.78, 5) is 27.3. The van der Waals surface area contributed by atoms with Crippen LogP contribution in [0, 0.1) is 13.8 Å². The van der Waals surface area contributed by atoms with Crippen LogP contribution < -0.4 is 4.90 Å². The van der Waals surface area contributed by atoms with Crippen LogP contribution in [0.1, 0.15) is 34.3 Å². The molecule has 0 aromatic heterocycles. The van der Waals surface area contributed by atoms with Crippen LogP contribution >= 0.6 is 11.8 Å². The third-order valence-corrected chi connectivity index (χ3v) is 5.42. The molecule has 0 unspecified atom stereocenters. The quantitative estimate of drug-likeness (QED) is 0.598. The van der Waals surface area contributed by atoms with Crippen LogP contribution in [0.15, 0.2) is 47.4 Å². The molecule has 2 aromatic rings. The minimum absolute atomic E-state index is 0.0912. The highest BCUT2D eigenvalue weighted by molar-refractivity contribution is 8.00. The molecule has 24 heavy (non-hydrogen) atoms. The van der Waals surface area contributed by atoms with Gasteiger partial charge in [-0.05, 0) is 44.0 Å². The first-order valence-corrected chi connectivity index (χ1v) is 9.17. The van der Waals surface area contributed by atoms with Gasteiger partial charge in [0.05, 0.1) is 5.75 Å². The maximum atomic E-state index is 12.5. The van der Waals surface area contributed by atoms with Crippen LogP contribution in [0.5, 0.6) is 0 Å². The van der Waals surface area contributed by atoms with Crippen LogP contribution in [-0.2, 0) is 4.79 Å². The third kappa shape index (κ3) is 3.70. The first kappa shape index (κ1) is 16.8. The molecule has 0 radical (unpaired) electrons. The number of anilines is 1. The van der Waals surface area contributed by atoms with Gasteiger partial charge in [0.25, 0.3) is 0 Å². The molecule has 1 heterocycles. The third-order valence-electron chi connectivity index (χ3n) is 4.24. The molecule has 124 valence electrons. The van der Waals surface area contributed by atoms with Gasteiger partial charge in [-0.2, -0.15) is 0 Å². The maximum Gasteiger partial charge on any atom is 0.227 e. The number of ketones is 1. The lowest BCUT2D eigenvalue weighted by Crippen LogP contribution is -2.23. The Balaban J connectivity index is 1.70. The van der Waals surface area contributed by atoms with E-state index in [-0.39, 0.29) is 11.7 Å². The first-order valence-electron chi connectivity index (χ1n) is 8.18. The fraction of sp³-hybridized carbons (Fsp3) is 0.300. The molecule has 0 saturated carbocycles. The second-order valence-electron chi connectivity index (χ2n) is 6.18. The van der Waals surface area contributed by atoms with Crippen molar-refractivity contribution >= 4 is 29.1 Å². The zero-order valence-electron chi connectivity index (χ0n) is 14.0. The summed E-state index contributed by atoms with van der Waals surface area (Å²) in [5.74, 6) is 0.638. The number of aryl methyl sites for hydroxylation is 2. The Kier molecular flexibility index (Phi) is 5.05. The minimum atomic E-state index is 0.0912.